The van der Waals surface area contributed by atoms with Gasteiger partial charge in [0.1, 0.15) is 0 Å². The number of nitrogens with one attached hydrogen (secondary N) is 2. The Bertz CT molecular complexity index is 1120. The monoisotopic (exact) mass is 446 g/mol. The summed E-state index contributed by atoms with van der Waals surface area (Å²) in [7, 11) is 3.34. The number of rotatable bonds is 7. The summed E-state index contributed by atoms with van der Waals surface area (Å²) in [5.74, 6) is 1.57. The average Bonchev–Trinajstić information content (AvgIpc) is 2.82. The molecule has 3 aromatic rings. The van der Waals surface area contributed by atoms with Crippen molar-refractivity contribution in [2.75, 3.05) is 43.7 Å². The summed E-state index contributed by atoms with van der Waals surface area (Å²) in [5, 5.41) is 5.63. The van der Waals surface area contributed by atoms with Crippen molar-refractivity contribution in [2.24, 2.45) is 0 Å². The fourth-order valence-corrected chi connectivity index (χ4v) is 4.08. The quantitative estimate of drug-likeness (QED) is 0.464. The Morgan fingerprint density at radius 3 is 2.33 bits per heavy atom. The van der Waals surface area contributed by atoms with Crippen LogP contribution in [0.1, 0.15) is 16.7 Å². The van der Waals surface area contributed by atoms with E-state index in [2.05, 4.69) is 39.8 Å². The van der Waals surface area contributed by atoms with E-state index in [9.17, 15) is 4.79 Å². The van der Waals surface area contributed by atoms with Gasteiger partial charge in [0.15, 0.2) is 11.5 Å². The number of nitrogens with two attached hydrogens (primary N) is 1. The number of nitrogen functional groups attached to an aromatic ring is 1. The summed E-state index contributed by atoms with van der Waals surface area (Å²) < 4.78 is 10.9. The summed E-state index contributed by atoms with van der Waals surface area (Å²) in [4.78, 5) is 14.7. The van der Waals surface area contributed by atoms with Gasteiger partial charge in [-0.15, -0.1) is 0 Å². The molecule has 0 aliphatic carbocycles. The molecular formula is C26H30N4O3. The topological polar surface area (TPSA) is 88.9 Å². The SMILES string of the molecule is COc1cc2c(cc1OC)CN(CCc1ccc(NC(=O)Nc3cccc(N)c3)cc1)CC2. The van der Waals surface area contributed by atoms with Gasteiger partial charge in [0.05, 0.1) is 14.2 Å². The van der Waals surface area contributed by atoms with Crippen LogP contribution in [-0.4, -0.2) is 38.2 Å². The third-order valence-electron chi connectivity index (χ3n) is 5.87. The van der Waals surface area contributed by atoms with Gasteiger partial charge in [0.2, 0.25) is 0 Å². The van der Waals surface area contributed by atoms with Crippen LogP contribution in [0.2, 0.25) is 0 Å². The Morgan fingerprint density at radius 2 is 1.64 bits per heavy atom. The molecule has 0 spiro atoms. The lowest BCUT2D eigenvalue weighted by atomic mass is 9.98. The predicted octanol–water partition coefficient (Wildman–Crippen LogP) is 4.53. The van der Waals surface area contributed by atoms with Gasteiger partial charge in [-0.3, -0.25) is 4.90 Å². The Hall–Kier alpha value is -3.71. The number of hydrogen-bond acceptors (Lipinski definition) is 5. The van der Waals surface area contributed by atoms with Crippen molar-refractivity contribution in [2.45, 2.75) is 19.4 Å². The number of hydrogen-bond donors (Lipinski definition) is 3. The van der Waals surface area contributed by atoms with E-state index < -0.39 is 0 Å². The predicted molar refractivity (Wildman–Crippen MR) is 132 cm³/mol. The molecule has 0 aromatic heterocycles. The Balaban J connectivity index is 1.29. The summed E-state index contributed by atoms with van der Waals surface area (Å²) >= 11 is 0. The first-order valence-corrected chi connectivity index (χ1v) is 11.0. The number of urea groups is 1. The molecule has 0 atom stereocenters. The smallest absolute Gasteiger partial charge is 0.323 e. The van der Waals surface area contributed by atoms with E-state index >= 15 is 0 Å². The standard InChI is InChI=1S/C26H30N4O3/c1-32-24-14-19-11-13-30(17-20(19)15-25(24)33-2)12-10-18-6-8-22(9-7-18)28-26(31)29-23-5-3-4-21(27)16-23/h3-9,14-16H,10-13,17,27H2,1-2H3,(H2,28,29,31). The second-order valence-electron chi connectivity index (χ2n) is 8.15. The minimum absolute atomic E-state index is 0.299. The summed E-state index contributed by atoms with van der Waals surface area (Å²) in [6.45, 7) is 2.89. The first-order chi connectivity index (χ1) is 16.0. The van der Waals surface area contributed by atoms with Crippen molar-refractivity contribution < 1.29 is 14.3 Å². The van der Waals surface area contributed by atoms with E-state index in [1.807, 2.05) is 12.1 Å². The zero-order valence-electron chi connectivity index (χ0n) is 19.1. The van der Waals surface area contributed by atoms with E-state index in [1.165, 1.54) is 16.7 Å². The molecule has 7 heteroatoms. The van der Waals surface area contributed by atoms with Crippen LogP contribution >= 0.6 is 0 Å². The van der Waals surface area contributed by atoms with Crippen molar-refractivity contribution >= 4 is 23.1 Å². The van der Waals surface area contributed by atoms with Gasteiger partial charge < -0.3 is 25.8 Å². The first-order valence-electron chi connectivity index (χ1n) is 11.0. The zero-order chi connectivity index (χ0) is 23.2. The van der Waals surface area contributed by atoms with E-state index in [1.54, 1.807) is 38.5 Å². The molecule has 1 heterocycles. The maximum absolute atomic E-state index is 12.2. The largest absolute Gasteiger partial charge is 0.493 e. The molecule has 7 nitrogen and oxygen atoms in total. The third kappa shape index (κ3) is 5.75. The molecule has 172 valence electrons. The number of carbonyl (C=O) groups is 1. The molecule has 0 saturated heterocycles. The molecule has 0 fully saturated rings. The second-order valence-corrected chi connectivity index (χ2v) is 8.15. The maximum atomic E-state index is 12.2. The number of benzene rings is 3. The third-order valence-corrected chi connectivity index (χ3v) is 5.87. The molecule has 3 aromatic carbocycles. The van der Waals surface area contributed by atoms with E-state index in [0.717, 1.165) is 49.7 Å². The highest BCUT2D eigenvalue weighted by Gasteiger charge is 2.19. The van der Waals surface area contributed by atoms with Crippen molar-refractivity contribution in [3.05, 3.63) is 77.4 Å². The number of anilines is 3. The van der Waals surface area contributed by atoms with Crippen LogP contribution in [0, 0.1) is 0 Å². The van der Waals surface area contributed by atoms with Gasteiger partial charge in [-0.1, -0.05) is 18.2 Å². The highest BCUT2D eigenvalue weighted by molar-refractivity contribution is 5.99. The Morgan fingerprint density at radius 1 is 0.939 bits per heavy atom. The molecule has 0 unspecified atom stereocenters. The Labute approximate surface area is 194 Å². The number of fused-ring (bicyclic) bond motifs is 1. The van der Waals surface area contributed by atoms with Gasteiger partial charge in [0.25, 0.3) is 0 Å². The number of methoxy groups -OCH3 is 2. The van der Waals surface area contributed by atoms with Crippen LogP contribution in [0.25, 0.3) is 0 Å². The van der Waals surface area contributed by atoms with Crippen LogP contribution in [0.15, 0.2) is 60.7 Å². The highest BCUT2D eigenvalue weighted by atomic mass is 16.5. The molecular weight excluding hydrogens is 416 g/mol. The fourth-order valence-electron chi connectivity index (χ4n) is 4.08. The van der Waals surface area contributed by atoms with E-state index in [0.29, 0.717) is 11.4 Å². The number of nitrogens with zero attached hydrogens (tertiary/aromatic N) is 1. The lowest BCUT2D eigenvalue weighted by Gasteiger charge is -2.29. The molecule has 4 rings (SSSR count). The number of amides is 2. The van der Waals surface area contributed by atoms with Gasteiger partial charge in [-0.05, 0) is 72.0 Å². The molecule has 2 amide bonds. The first kappa shape index (κ1) is 22.5. The van der Waals surface area contributed by atoms with Crippen LogP contribution in [0.5, 0.6) is 11.5 Å². The Kier molecular flexibility index (Phi) is 7.00. The van der Waals surface area contributed by atoms with Crippen LogP contribution in [-0.2, 0) is 19.4 Å². The average molecular weight is 447 g/mol. The van der Waals surface area contributed by atoms with Crippen molar-refractivity contribution in [3.63, 3.8) is 0 Å². The van der Waals surface area contributed by atoms with Crippen LogP contribution in [0.3, 0.4) is 0 Å². The molecule has 4 N–H and O–H groups in total. The van der Waals surface area contributed by atoms with Gasteiger partial charge in [0, 0.05) is 36.7 Å². The molecule has 1 aliphatic heterocycles. The van der Waals surface area contributed by atoms with E-state index in [-0.39, 0.29) is 6.03 Å². The molecule has 33 heavy (non-hydrogen) atoms. The van der Waals surface area contributed by atoms with E-state index in [4.69, 9.17) is 15.2 Å². The summed E-state index contributed by atoms with van der Waals surface area (Å²) in [6, 6.07) is 19.0. The van der Waals surface area contributed by atoms with Crippen LogP contribution in [0.4, 0.5) is 21.9 Å². The molecule has 1 aliphatic rings. The van der Waals surface area contributed by atoms with Crippen molar-refractivity contribution in [1.29, 1.82) is 0 Å². The van der Waals surface area contributed by atoms with Gasteiger partial charge >= 0.3 is 6.03 Å². The minimum Gasteiger partial charge on any atom is -0.493 e. The lowest BCUT2D eigenvalue weighted by molar-refractivity contribution is 0.255. The highest BCUT2D eigenvalue weighted by Crippen LogP contribution is 2.33. The molecule has 0 saturated carbocycles. The summed E-state index contributed by atoms with van der Waals surface area (Å²) in [6.07, 6.45) is 1.94. The molecule has 0 radical (unpaired) electrons. The van der Waals surface area contributed by atoms with Crippen molar-refractivity contribution in [1.82, 2.24) is 4.90 Å². The van der Waals surface area contributed by atoms with Gasteiger partial charge in [-0.25, -0.2) is 4.79 Å². The number of ether oxygens (including phenoxy) is 2. The van der Waals surface area contributed by atoms with Crippen molar-refractivity contribution in [3.8, 4) is 11.5 Å². The van der Waals surface area contributed by atoms with Gasteiger partial charge in [-0.2, -0.15) is 0 Å². The zero-order valence-corrected chi connectivity index (χ0v) is 19.1. The lowest BCUT2D eigenvalue weighted by Crippen LogP contribution is -2.32. The molecule has 0 bridgehead atoms. The van der Waals surface area contributed by atoms with Crippen LogP contribution < -0.4 is 25.8 Å². The second kappa shape index (κ2) is 10.3. The maximum Gasteiger partial charge on any atom is 0.323 e. The fraction of sp³-hybridized carbons (Fsp3) is 0.269. The minimum atomic E-state index is -0.299. The summed E-state index contributed by atoms with van der Waals surface area (Å²) in [5.41, 5.74) is 11.6. The normalized spacial score (nSPS) is 13.2. The number of carbonyl (C=O) groups excluding carboxylic acids is 1.